The van der Waals surface area contributed by atoms with Gasteiger partial charge in [-0.2, -0.15) is 0 Å². The molecule has 1 aliphatic carbocycles. The predicted octanol–water partition coefficient (Wildman–Crippen LogP) is 3.89. The molecule has 0 aliphatic heterocycles. The molecule has 2 heteroatoms. The summed E-state index contributed by atoms with van der Waals surface area (Å²) in [4.78, 5) is 0. The zero-order valence-corrected chi connectivity index (χ0v) is 12.4. The number of benzene rings is 2. The van der Waals surface area contributed by atoms with Gasteiger partial charge >= 0.3 is 0 Å². The van der Waals surface area contributed by atoms with Crippen molar-refractivity contribution in [1.82, 2.24) is 5.32 Å². The van der Waals surface area contributed by atoms with Gasteiger partial charge in [0.1, 0.15) is 5.75 Å². The lowest BCUT2D eigenvalue weighted by Gasteiger charge is -2.04. The van der Waals surface area contributed by atoms with Crippen LogP contribution in [-0.2, 0) is 6.54 Å². The molecule has 2 aromatic carbocycles. The number of hydrogen-bond donors (Lipinski definition) is 1. The van der Waals surface area contributed by atoms with Crippen molar-refractivity contribution in [2.45, 2.75) is 13.0 Å². The van der Waals surface area contributed by atoms with Crippen molar-refractivity contribution in [1.29, 1.82) is 0 Å². The van der Waals surface area contributed by atoms with Gasteiger partial charge in [0.15, 0.2) is 0 Å². The molecular formula is C19H21NO. The van der Waals surface area contributed by atoms with Crippen molar-refractivity contribution in [2.24, 2.45) is 5.92 Å². The molecule has 3 rings (SSSR count). The summed E-state index contributed by atoms with van der Waals surface area (Å²) in [6.07, 6.45) is 3.47. The first-order valence-electron chi connectivity index (χ1n) is 7.45. The molecule has 1 aliphatic rings. The van der Waals surface area contributed by atoms with E-state index in [2.05, 4.69) is 53.9 Å². The maximum absolute atomic E-state index is 5.39. The van der Waals surface area contributed by atoms with Crippen LogP contribution in [0.15, 0.2) is 60.2 Å². The number of para-hydroxylation sites is 1. The highest BCUT2D eigenvalue weighted by atomic mass is 16.5. The van der Waals surface area contributed by atoms with Crippen molar-refractivity contribution in [3.63, 3.8) is 0 Å². The third-order valence-corrected chi connectivity index (χ3v) is 3.89. The number of methoxy groups -OCH3 is 1. The van der Waals surface area contributed by atoms with E-state index in [1.807, 2.05) is 12.1 Å². The Hall–Kier alpha value is -2.06. The number of ether oxygens (including phenoxy) is 1. The smallest absolute Gasteiger partial charge is 0.126 e. The fourth-order valence-electron chi connectivity index (χ4n) is 2.58. The van der Waals surface area contributed by atoms with Crippen LogP contribution in [-0.4, -0.2) is 13.7 Å². The summed E-state index contributed by atoms with van der Waals surface area (Å²) in [6, 6.07) is 18.7. The second-order valence-electron chi connectivity index (χ2n) is 5.48. The summed E-state index contributed by atoms with van der Waals surface area (Å²) >= 11 is 0. The van der Waals surface area contributed by atoms with Crippen molar-refractivity contribution in [3.8, 4) is 5.75 Å². The molecule has 0 radical (unpaired) electrons. The second-order valence-corrected chi connectivity index (χ2v) is 5.48. The standard InChI is InChI=1S/C19H21NO/c1-21-19-10-6-5-9-16(19)11-17-12-18(17)14-20-13-15-7-3-2-4-8-15/h2-11,18,20H,12-14H2,1H3/b17-11+. The molecule has 21 heavy (non-hydrogen) atoms. The van der Waals surface area contributed by atoms with Crippen LogP contribution in [0.3, 0.4) is 0 Å². The third kappa shape index (κ3) is 3.73. The molecular weight excluding hydrogens is 258 g/mol. The van der Waals surface area contributed by atoms with Gasteiger partial charge in [-0.05, 0) is 24.0 Å². The molecule has 0 aromatic heterocycles. The number of nitrogens with one attached hydrogen (secondary N) is 1. The minimum absolute atomic E-state index is 0.679. The molecule has 0 spiro atoms. The highest BCUT2D eigenvalue weighted by molar-refractivity contribution is 5.63. The van der Waals surface area contributed by atoms with Gasteiger partial charge < -0.3 is 10.1 Å². The summed E-state index contributed by atoms with van der Waals surface area (Å²) in [5.41, 5.74) is 4.04. The van der Waals surface area contributed by atoms with Crippen LogP contribution in [0.25, 0.3) is 6.08 Å². The Balaban J connectivity index is 1.51. The molecule has 0 bridgehead atoms. The minimum Gasteiger partial charge on any atom is -0.496 e. The van der Waals surface area contributed by atoms with Gasteiger partial charge in [-0.25, -0.2) is 0 Å². The Labute approximate surface area is 126 Å². The Kier molecular flexibility index (Phi) is 4.37. The molecule has 0 heterocycles. The summed E-state index contributed by atoms with van der Waals surface area (Å²) in [5, 5.41) is 3.54. The summed E-state index contributed by atoms with van der Waals surface area (Å²) < 4.78 is 5.39. The summed E-state index contributed by atoms with van der Waals surface area (Å²) in [7, 11) is 1.73. The lowest BCUT2D eigenvalue weighted by molar-refractivity contribution is 0.414. The van der Waals surface area contributed by atoms with Gasteiger partial charge in [-0.3, -0.25) is 0 Å². The van der Waals surface area contributed by atoms with Crippen LogP contribution in [0.5, 0.6) is 5.75 Å². The Morgan fingerprint density at radius 1 is 1.10 bits per heavy atom. The molecule has 1 fully saturated rings. The zero-order chi connectivity index (χ0) is 14.5. The Bertz CT molecular complexity index is 618. The lowest BCUT2D eigenvalue weighted by atomic mass is 10.1. The molecule has 2 aromatic rings. The van der Waals surface area contributed by atoms with E-state index < -0.39 is 0 Å². The van der Waals surface area contributed by atoms with Gasteiger partial charge in [0.05, 0.1) is 7.11 Å². The highest BCUT2D eigenvalue weighted by Gasteiger charge is 2.28. The molecule has 108 valence electrons. The second kappa shape index (κ2) is 6.59. The molecule has 2 nitrogen and oxygen atoms in total. The SMILES string of the molecule is COc1ccccc1/C=C1\CC1CNCc1ccccc1. The van der Waals surface area contributed by atoms with E-state index in [0.29, 0.717) is 5.92 Å². The first-order valence-corrected chi connectivity index (χ1v) is 7.45. The van der Waals surface area contributed by atoms with Crippen molar-refractivity contribution in [3.05, 3.63) is 71.3 Å². The van der Waals surface area contributed by atoms with Gasteiger partial charge in [-0.1, -0.05) is 60.2 Å². The van der Waals surface area contributed by atoms with Crippen LogP contribution in [0, 0.1) is 5.92 Å². The monoisotopic (exact) mass is 279 g/mol. The van der Waals surface area contributed by atoms with Crippen LogP contribution in [0.4, 0.5) is 0 Å². The van der Waals surface area contributed by atoms with E-state index in [9.17, 15) is 0 Å². The van der Waals surface area contributed by atoms with Crippen LogP contribution >= 0.6 is 0 Å². The van der Waals surface area contributed by atoms with Gasteiger partial charge in [0.25, 0.3) is 0 Å². The first-order chi connectivity index (χ1) is 10.4. The minimum atomic E-state index is 0.679. The van der Waals surface area contributed by atoms with Crippen molar-refractivity contribution >= 4 is 6.08 Å². The van der Waals surface area contributed by atoms with E-state index in [0.717, 1.165) is 18.8 Å². The molecule has 1 unspecified atom stereocenters. The van der Waals surface area contributed by atoms with Gasteiger partial charge in [0.2, 0.25) is 0 Å². The van der Waals surface area contributed by atoms with E-state index in [1.165, 1.54) is 23.1 Å². The number of rotatable bonds is 6. The Morgan fingerprint density at radius 2 is 1.86 bits per heavy atom. The molecule has 1 saturated carbocycles. The Morgan fingerprint density at radius 3 is 2.67 bits per heavy atom. The fraction of sp³-hybridized carbons (Fsp3) is 0.263. The fourth-order valence-corrected chi connectivity index (χ4v) is 2.58. The lowest BCUT2D eigenvalue weighted by Crippen LogP contribution is -2.16. The maximum Gasteiger partial charge on any atom is 0.126 e. The maximum atomic E-state index is 5.39. The van der Waals surface area contributed by atoms with E-state index in [-0.39, 0.29) is 0 Å². The first kappa shape index (κ1) is 13.9. The molecule has 1 N–H and O–H groups in total. The largest absolute Gasteiger partial charge is 0.496 e. The summed E-state index contributed by atoms with van der Waals surface area (Å²) in [5.74, 6) is 1.63. The normalized spacial score (nSPS) is 18.7. The van der Waals surface area contributed by atoms with Crippen LogP contribution in [0.1, 0.15) is 17.5 Å². The highest BCUT2D eigenvalue weighted by Crippen LogP contribution is 2.39. The topological polar surface area (TPSA) is 21.3 Å². The average Bonchev–Trinajstić information content (AvgIpc) is 3.27. The molecule has 0 saturated heterocycles. The van der Waals surface area contributed by atoms with Gasteiger partial charge in [-0.15, -0.1) is 0 Å². The predicted molar refractivity (Wildman–Crippen MR) is 87.2 cm³/mol. The van der Waals surface area contributed by atoms with E-state index in [4.69, 9.17) is 4.74 Å². The zero-order valence-electron chi connectivity index (χ0n) is 12.4. The number of hydrogen-bond acceptors (Lipinski definition) is 2. The van der Waals surface area contributed by atoms with Crippen molar-refractivity contribution < 1.29 is 4.74 Å². The molecule has 1 atom stereocenters. The average molecular weight is 279 g/mol. The summed E-state index contributed by atoms with van der Waals surface area (Å²) in [6.45, 7) is 2.00. The van der Waals surface area contributed by atoms with Gasteiger partial charge in [0, 0.05) is 18.7 Å². The third-order valence-electron chi connectivity index (χ3n) is 3.89. The van der Waals surface area contributed by atoms with E-state index >= 15 is 0 Å². The van der Waals surface area contributed by atoms with E-state index in [1.54, 1.807) is 7.11 Å². The quantitative estimate of drug-likeness (QED) is 0.866. The van der Waals surface area contributed by atoms with Crippen molar-refractivity contribution in [2.75, 3.05) is 13.7 Å². The molecule has 0 amide bonds. The van der Waals surface area contributed by atoms with Crippen LogP contribution < -0.4 is 10.1 Å². The van der Waals surface area contributed by atoms with Crippen LogP contribution in [0.2, 0.25) is 0 Å².